The van der Waals surface area contributed by atoms with Gasteiger partial charge in [0.25, 0.3) is 5.91 Å². The summed E-state index contributed by atoms with van der Waals surface area (Å²) in [5.74, 6) is 1.33. The first-order valence-electron chi connectivity index (χ1n) is 8.32. The van der Waals surface area contributed by atoms with Gasteiger partial charge in [-0.3, -0.25) is 10.1 Å². The number of nitrogen functional groups attached to an aromatic ring is 2. The summed E-state index contributed by atoms with van der Waals surface area (Å²) in [4.78, 5) is 24.1. The van der Waals surface area contributed by atoms with Gasteiger partial charge < -0.3 is 21.9 Å². The first kappa shape index (κ1) is 21.6. The number of hydrogen-bond donors (Lipinski definition) is 6. The lowest BCUT2D eigenvalue weighted by atomic mass is 10.1. The minimum absolute atomic E-state index is 0.0651. The number of benzene rings is 1. The third-order valence-corrected chi connectivity index (χ3v) is 4.43. The number of ether oxygens (including phenoxy) is 1. The molecular weight excluding hydrogens is 398 g/mol. The van der Waals surface area contributed by atoms with Gasteiger partial charge in [-0.25, -0.2) is 15.0 Å². The minimum atomic E-state index is -0.615. The molecule has 0 aliphatic heterocycles. The van der Waals surface area contributed by atoms with Gasteiger partial charge in [0.1, 0.15) is 18.2 Å². The van der Waals surface area contributed by atoms with Crippen LogP contribution in [0.5, 0.6) is 5.75 Å². The number of anilines is 2. The van der Waals surface area contributed by atoms with Crippen LogP contribution in [0, 0.1) is 6.92 Å². The van der Waals surface area contributed by atoms with E-state index in [1.807, 2.05) is 18.2 Å². The zero-order valence-corrected chi connectivity index (χ0v) is 17.1. The number of aromatic nitrogens is 2. The van der Waals surface area contributed by atoms with E-state index in [2.05, 4.69) is 45.5 Å². The molecule has 0 unspecified atom stereocenters. The highest BCUT2D eigenvalue weighted by atomic mass is 32.1. The number of hydrogen-bond acceptors (Lipinski definition) is 9. The molecule has 11 heteroatoms. The Bertz CT molecular complexity index is 890. The maximum atomic E-state index is 12.2. The van der Waals surface area contributed by atoms with Crippen LogP contribution in [0.1, 0.15) is 27.3 Å². The second kappa shape index (κ2) is 10.0. The van der Waals surface area contributed by atoms with Crippen molar-refractivity contribution < 1.29 is 9.53 Å². The van der Waals surface area contributed by atoms with Crippen molar-refractivity contribution >= 4 is 48.8 Å². The molecule has 0 saturated heterocycles. The summed E-state index contributed by atoms with van der Waals surface area (Å²) in [6.07, 6.45) is 0. The molecule has 0 aliphatic carbocycles. The van der Waals surface area contributed by atoms with Crippen molar-refractivity contribution in [3.05, 3.63) is 40.7 Å². The highest BCUT2D eigenvalue weighted by molar-refractivity contribution is 7.79. The molecule has 28 heavy (non-hydrogen) atoms. The second-order valence-electron chi connectivity index (χ2n) is 5.74. The monoisotopic (exact) mass is 421 g/mol. The van der Waals surface area contributed by atoms with E-state index in [-0.39, 0.29) is 36.4 Å². The van der Waals surface area contributed by atoms with Gasteiger partial charge in [-0.05, 0) is 30.2 Å². The number of guanidine groups is 1. The molecular formula is C17H23N7O2S2. The van der Waals surface area contributed by atoms with Crippen LogP contribution >= 0.6 is 25.3 Å². The van der Waals surface area contributed by atoms with Crippen molar-refractivity contribution in [1.29, 1.82) is 0 Å². The fourth-order valence-electron chi connectivity index (χ4n) is 2.25. The average molecular weight is 422 g/mol. The zero-order valence-electron chi connectivity index (χ0n) is 15.3. The SMILES string of the molecule is Cc1nc(C(=O)NC(N)=NCCOc2ccc(CS)c(CS)c2)c(N)nc1N. The summed E-state index contributed by atoms with van der Waals surface area (Å²) in [6.45, 7) is 2.15. The number of aryl methyl sites for hydroxylation is 1. The molecule has 0 fully saturated rings. The van der Waals surface area contributed by atoms with E-state index in [1.165, 1.54) is 0 Å². The summed E-state index contributed by atoms with van der Waals surface area (Å²) in [5, 5.41) is 2.41. The van der Waals surface area contributed by atoms with Crippen LogP contribution in [0.2, 0.25) is 0 Å². The molecule has 2 aromatic rings. The fourth-order valence-corrected chi connectivity index (χ4v) is 2.85. The Morgan fingerprint density at radius 2 is 1.89 bits per heavy atom. The molecule has 9 nitrogen and oxygen atoms in total. The average Bonchev–Trinajstić information content (AvgIpc) is 2.67. The van der Waals surface area contributed by atoms with Crippen LogP contribution in [0.15, 0.2) is 23.2 Å². The molecule has 1 aromatic heterocycles. The summed E-state index contributed by atoms with van der Waals surface area (Å²) < 4.78 is 5.65. The van der Waals surface area contributed by atoms with Gasteiger partial charge in [0.2, 0.25) is 0 Å². The summed E-state index contributed by atoms with van der Waals surface area (Å²) in [6, 6.07) is 5.72. The Morgan fingerprint density at radius 3 is 2.57 bits per heavy atom. The van der Waals surface area contributed by atoms with E-state index in [9.17, 15) is 4.79 Å². The normalized spacial score (nSPS) is 11.3. The van der Waals surface area contributed by atoms with Crippen molar-refractivity contribution in [3.8, 4) is 5.75 Å². The lowest BCUT2D eigenvalue weighted by Crippen LogP contribution is -2.38. The number of aliphatic imine (C=N–C) groups is 1. The van der Waals surface area contributed by atoms with Crippen LogP contribution in [-0.2, 0) is 11.5 Å². The molecule has 2 rings (SSSR count). The maximum Gasteiger partial charge on any atom is 0.280 e. The summed E-state index contributed by atoms with van der Waals surface area (Å²) in [7, 11) is 0. The Morgan fingerprint density at radius 1 is 1.18 bits per heavy atom. The van der Waals surface area contributed by atoms with Gasteiger partial charge in [0.15, 0.2) is 17.5 Å². The fraction of sp³-hybridized carbons (Fsp3) is 0.294. The van der Waals surface area contributed by atoms with Gasteiger partial charge in [0, 0.05) is 11.5 Å². The third-order valence-electron chi connectivity index (χ3n) is 3.75. The quantitative estimate of drug-likeness (QED) is 0.168. The van der Waals surface area contributed by atoms with Gasteiger partial charge in [-0.1, -0.05) is 6.07 Å². The first-order chi connectivity index (χ1) is 13.3. The van der Waals surface area contributed by atoms with Crippen LogP contribution in [0.3, 0.4) is 0 Å². The van der Waals surface area contributed by atoms with Gasteiger partial charge in [0.05, 0.1) is 12.2 Å². The first-order valence-corrected chi connectivity index (χ1v) is 9.59. The molecule has 1 amide bonds. The highest BCUT2D eigenvalue weighted by Crippen LogP contribution is 2.21. The Balaban J connectivity index is 1.89. The van der Waals surface area contributed by atoms with Crippen molar-refractivity contribution in [3.63, 3.8) is 0 Å². The summed E-state index contributed by atoms with van der Waals surface area (Å²) >= 11 is 8.59. The molecule has 0 spiro atoms. The van der Waals surface area contributed by atoms with Crippen molar-refractivity contribution in [2.75, 3.05) is 24.6 Å². The van der Waals surface area contributed by atoms with E-state index >= 15 is 0 Å². The molecule has 0 aliphatic rings. The lowest BCUT2D eigenvalue weighted by molar-refractivity contribution is 0.0972. The van der Waals surface area contributed by atoms with Crippen LogP contribution < -0.4 is 27.3 Å². The van der Waals surface area contributed by atoms with Crippen molar-refractivity contribution in [2.24, 2.45) is 10.7 Å². The standard InChI is InChI=1S/C17H23N7O2S2/c1-9-14(18)23-15(19)13(22-9)16(25)24-17(20)21-4-5-26-12-3-2-10(7-27)11(6-12)8-28/h2-3,6,27-28H,4-5,7-8H2,1H3,(H4,18,19,23)(H3,20,21,24,25). The predicted molar refractivity (Wildman–Crippen MR) is 117 cm³/mol. The number of thiol groups is 2. The Kier molecular flexibility index (Phi) is 7.76. The zero-order chi connectivity index (χ0) is 20.7. The van der Waals surface area contributed by atoms with E-state index in [0.29, 0.717) is 22.9 Å². The number of nitrogens with one attached hydrogen (secondary N) is 1. The number of nitrogens with two attached hydrogens (primary N) is 3. The second-order valence-corrected chi connectivity index (χ2v) is 6.38. The molecule has 150 valence electrons. The van der Waals surface area contributed by atoms with E-state index in [1.54, 1.807) is 6.92 Å². The highest BCUT2D eigenvalue weighted by Gasteiger charge is 2.15. The van der Waals surface area contributed by atoms with E-state index < -0.39 is 5.91 Å². The molecule has 7 N–H and O–H groups in total. The molecule has 1 aromatic carbocycles. The van der Waals surface area contributed by atoms with Crippen molar-refractivity contribution in [1.82, 2.24) is 15.3 Å². The summed E-state index contributed by atoms with van der Waals surface area (Å²) in [5.41, 5.74) is 19.5. The lowest BCUT2D eigenvalue weighted by Gasteiger charge is -2.10. The number of rotatable bonds is 7. The number of carbonyl (C=O) groups excluding carboxylic acids is 1. The topological polar surface area (TPSA) is 155 Å². The van der Waals surface area contributed by atoms with Gasteiger partial charge in [-0.15, -0.1) is 0 Å². The van der Waals surface area contributed by atoms with E-state index in [4.69, 9.17) is 21.9 Å². The van der Waals surface area contributed by atoms with Crippen molar-refractivity contribution in [2.45, 2.75) is 18.4 Å². The van der Waals surface area contributed by atoms with Gasteiger partial charge >= 0.3 is 0 Å². The van der Waals surface area contributed by atoms with Crippen LogP contribution in [0.25, 0.3) is 0 Å². The smallest absolute Gasteiger partial charge is 0.280 e. The van der Waals surface area contributed by atoms with Gasteiger partial charge in [-0.2, -0.15) is 25.3 Å². The number of amides is 1. The Hall–Kier alpha value is -2.66. The largest absolute Gasteiger partial charge is 0.492 e. The molecule has 0 bridgehead atoms. The van der Waals surface area contributed by atoms with Crippen LogP contribution in [-0.4, -0.2) is 35.0 Å². The predicted octanol–water partition coefficient (Wildman–Crippen LogP) is 0.933. The minimum Gasteiger partial charge on any atom is -0.492 e. The third kappa shape index (κ3) is 5.67. The molecule has 0 saturated carbocycles. The molecule has 0 radical (unpaired) electrons. The van der Waals surface area contributed by atoms with Crippen LogP contribution in [0.4, 0.5) is 11.6 Å². The van der Waals surface area contributed by atoms with E-state index in [0.717, 1.165) is 11.1 Å². The Labute approximate surface area is 174 Å². The number of nitrogens with zero attached hydrogens (tertiary/aromatic N) is 3. The molecule has 0 atom stereocenters. The molecule has 1 heterocycles. The number of carbonyl (C=O) groups is 1. The maximum absolute atomic E-state index is 12.2.